The lowest BCUT2D eigenvalue weighted by Gasteiger charge is -2.31. The molecule has 1 aliphatic heterocycles. The number of rotatable bonds is 9. The Bertz CT molecular complexity index is 1430. The number of piperidine rings is 1. The third-order valence-corrected chi connectivity index (χ3v) is 7.00. The van der Waals surface area contributed by atoms with E-state index in [4.69, 9.17) is 9.26 Å². The van der Waals surface area contributed by atoms with E-state index in [0.717, 1.165) is 32.0 Å². The van der Waals surface area contributed by atoms with E-state index in [9.17, 15) is 18.3 Å². The van der Waals surface area contributed by atoms with E-state index in [1.165, 1.54) is 28.3 Å². The Morgan fingerprint density at radius 3 is 2.12 bits per heavy atom. The number of aliphatic hydroxyl groups excluding tert-OH is 1. The lowest BCUT2D eigenvalue weighted by Crippen LogP contribution is -2.39. The average molecular weight is 561 g/mol. The molecule has 3 aromatic carbocycles. The highest BCUT2D eigenvalue weighted by molar-refractivity contribution is 5.82. The van der Waals surface area contributed by atoms with Gasteiger partial charge in [0.15, 0.2) is 11.5 Å². The maximum atomic E-state index is 12.8. The molecule has 0 spiro atoms. The molecule has 1 aromatic heterocycles. The fourth-order valence-electron chi connectivity index (χ4n) is 5.00. The molecule has 1 unspecified atom stereocenters. The Hall–Kier alpha value is -4.14. The zero-order valence-corrected chi connectivity index (χ0v) is 22.4. The van der Waals surface area contributed by atoms with E-state index in [1.54, 1.807) is 30.3 Å². The number of hydrogen-bond acceptors (Lipinski definition) is 5. The smallest absolute Gasteiger partial charge is 0.436 e. The number of nitrogens with zero attached hydrogens (tertiary/aromatic N) is 2. The molecule has 4 aromatic rings. The van der Waals surface area contributed by atoms with E-state index in [0.29, 0.717) is 17.9 Å². The molecule has 1 aliphatic rings. The van der Waals surface area contributed by atoms with Crippen molar-refractivity contribution in [3.63, 3.8) is 0 Å². The van der Waals surface area contributed by atoms with Crippen LogP contribution in [0.3, 0.4) is 0 Å². The molecule has 1 fully saturated rings. The fourth-order valence-corrected chi connectivity index (χ4v) is 5.00. The molecule has 1 N–H and O–H groups in total. The highest BCUT2D eigenvalue weighted by Crippen LogP contribution is 2.32. The quantitative estimate of drug-likeness (QED) is 0.235. The van der Waals surface area contributed by atoms with Crippen LogP contribution in [-0.2, 0) is 6.18 Å². The summed E-state index contributed by atoms with van der Waals surface area (Å²) in [6, 6.07) is 28.9. The van der Waals surface area contributed by atoms with Crippen LogP contribution in [0.1, 0.15) is 41.0 Å². The second-order valence-electron chi connectivity index (χ2n) is 9.96. The van der Waals surface area contributed by atoms with Crippen LogP contribution in [0.25, 0.3) is 17.7 Å². The molecule has 0 amide bonds. The molecular weight excluding hydrogens is 529 g/mol. The van der Waals surface area contributed by atoms with Crippen LogP contribution in [0.2, 0.25) is 0 Å². The van der Waals surface area contributed by atoms with Gasteiger partial charge in [-0.2, -0.15) is 13.2 Å². The minimum absolute atomic E-state index is 0.0200. The van der Waals surface area contributed by atoms with Crippen LogP contribution < -0.4 is 4.74 Å². The predicted molar refractivity (Wildman–Crippen MR) is 153 cm³/mol. The predicted octanol–water partition coefficient (Wildman–Crippen LogP) is 7.20. The number of benzene rings is 3. The number of alkyl halides is 3. The van der Waals surface area contributed by atoms with Crippen molar-refractivity contribution >= 4 is 17.7 Å². The number of ether oxygens (including phenoxy) is 1. The summed E-state index contributed by atoms with van der Waals surface area (Å²) < 4.78 is 49.0. The van der Waals surface area contributed by atoms with Gasteiger partial charge in [0.05, 0.1) is 0 Å². The van der Waals surface area contributed by atoms with Crippen LogP contribution in [0.15, 0.2) is 101 Å². The van der Waals surface area contributed by atoms with E-state index in [2.05, 4.69) is 58.6 Å². The van der Waals surface area contributed by atoms with Crippen molar-refractivity contribution in [1.82, 2.24) is 10.1 Å². The zero-order valence-electron chi connectivity index (χ0n) is 22.4. The second kappa shape index (κ2) is 13.0. The van der Waals surface area contributed by atoms with Crippen molar-refractivity contribution in [3.8, 4) is 5.75 Å². The van der Waals surface area contributed by atoms with Gasteiger partial charge in [0.25, 0.3) is 0 Å². The molecule has 1 atom stereocenters. The summed E-state index contributed by atoms with van der Waals surface area (Å²) in [5, 5.41) is 13.8. The SMILES string of the molecule is OC(COc1ccccc1C=Cc1cc(C(F)(F)F)no1)CN1CCC(=C(c2ccccc2)c2ccccc2)CC1. The summed E-state index contributed by atoms with van der Waals surface area (Å²) in [5.41, 5.74) is 4.70. The Balaban J connectivity index is 1.18. The zero-order chi connectivity index (χ0) is 28.7. The molecule has 212 valence electrons. The third kappa shape index (κ3) is 7.54. The first-order chi connectivity index (χ1) is 19.9. The van der Waals surface area contributed by atoms with Gasteiger partial charge in [0, 0.05) is 31.3 Å². The number of likely N-dealkylation sites (tertiary alicyclic amines) is 1. The molecule has 5 nitrogen and oxygen atoms in total. The van der Waals surface area contributed by atoms with Gasteiger partial charge >= 0.3 is 6.18 Å². The molecule has 2 heterocycles. The third-order valence-electron chi connectivity index (χ3n) is 7.00. The van der Waals surface area contributed by atoms with E-state index < -0.39 is 18.0 Å². The first kappa shape index (κ1) is 28.4. The number of hydrogen-bond donors (Lipinski definition) is 1. The molecule has 0 bridgehead atoms. The fraction of sp³-hybridized carbons (Fsp3) is 0.242. The van der Waals surface area contributed by atoms with Crippen molar-refractivity contribution in [1.29, 1.82) is 0 Å². The molecule has 0 aliphatic carbocycles. The number of aliphatic hydroxyl groups is 1. The van der Waals surface area contributed by atoms with Crippen molar-refractivity contribution in [2.24, 2.45) is 0 Å². The second-order valence-corrected chi connectivity index (χ2v) is 9.96. The Morgan fingerprint density at radius 1 is 0.902 bits per heavy atom. The first-order valence-corrected chi connectivity index (χ1v) is 13.5. The summed E-state index contributed by atoms with van der Waals surface area (Å²) in [7, 11) is 0. The minimum atomic E-state index is -4.56. The summed E-state index contributed by atoms with van der Waals surface area (Å²) in [6.07, 6.45) is -0.443. The van der Waals surface area contributed by atoms with Crippen LogP contribution in [0, 0.1) is 0 Å². The monoisotopic (exact) mass is 560 g/mol. The van der Waals surface area contributed by atoms with Crippen LogP contribution in [-0.4, -0.2) is 47.5 Å². The van der Waals surface area contributed by atoms with Gasteiger partial charge in [-0.05, 0) is 47.8 Å². The van der Waals surface area contributed by atoms with Gasteiger partial charge in [0.2, 0.25) is 0 Å². The van der Waals surface area contributed by atoms with Gasteiger partial charge in [-0.3, -0.25) is 4.90 Å². The van der Waals surface area contributed by atoms with Crippen molar-refractivity contribution in [2.45, 2.75) is 25.1 Å². The molecule has 5 rings (SSSR count). The lowest BCUT2D eigenvalue weighted by molar-refractivity contribution is -0.142. The standard InChI is InChI=1S/C33H31F3N2O3/c34-33(35,36)31-21-29(41-37-31)16-15-24-9-7-8-14-30(24)40-23-28(39)22-38-19-17-27(18-20-38)32(25-10-3-1-4-11-25)26-12-5-2-6-13-26/h1-16,21,28,39H,17-20,22-23H2. The van der Waals surface area contributed by atoms with Gasteiger partial charge in [-0.25, -0.2) is 0 Å². The van der Waals surface area contributed by atoms with Crippen LogP contribution in [0.5, 0.6) is 5.75 Å². The number of para-hydroxylation sites is 1. The van der Waals surface area contributed by atoms with Crippen molar-refractivity contribution in [3.05, 3.63) is 125 Å². The summed E-state index contributed by atoms with van der Waals surface area (Å²) in [5.74, 6) is 0.492. The van der Waals surface area contributed by atoms with Crippen LogP contribution >= 0.6 is 0 Å². The van der Waals surface area contributed by atoms with Crippen LogP contribution in [0.4, 0.5) is 13.2 Å². The normalized spacial score (nSPS) is 15.3. The number of halogens is 3. The Morgan fingerprint density at radius 2 is 1.51 bits per heavy atom. The molecular formula is C33H31F3N2O3. The Kier molecular flexibility index (Phi) is 9.01. The molecule has 0 radical (unpaired) electrons. The molecule has 8 heteroatoms. The number of aromatic nitrogens is 1. The maximum Gasteiger partial charge on any atom is 0.436 e. The van der Waals surface area contributed by atoms with E-state index in [1.807, 2.05) is 12.1 Å². The highest BCUT2D eigenvalue weighted by atomic mass is 19.4. The first-order valence-electron chi connectivity index (χ1n) is 13.5. The minimum Gasteiger partial charge on any atom is -0.490 e. The average Bonchev–Trinajstić information content (AvgIpc) is 3.48. The summed E-state index contributed by atoms with van der Waals surface area (Å²) in [4.78, 5) is 2.25. The Labute approximate surface area is 237 Å². The van der Waals surface area contributed by atoms with E-state index >= 15 is 0 Å². The lowest BCUT2D eigenvalue weighted by atomic mass is 9.88. The van der Waals surface area contributed by atoms with Gasteiger partial charge < -0.3 is 14.4 Å². The maximum absolute atomic E-state index is 12.8. The summed E-state index contributed by atoms with van der Waals surface area (Å²) >= 11 is 0. The van der Waals surface area contributed by atoms with Crippen molar-refractivity contribution < 1.29 is 27.5 Å². The van der Waals surface area contributed by atoms with Gasteiger partial charge in [-0.1, -0.05) is 89.6 Å². The highest BCUT2D eigenvalue weighted by Gasteiger charge is 2.34. The molecule has 1 saturated heterocycles. The summed E-state index contributed by atoms with van der Waals surface area (Å²) in [6.45, 7) is 2.25. The largest absolute Gasteiger partial charge is 0.490 e. The van der Waals surface area contributed by atoms with E-state index in [-0.39, 0.29) is 12.4 Å². The topological polar surface area (TPSA) is 58.7 Å². The molecule has 41 heavy (non-hydrogen) atoms. The van der Waals surface area contributed by atoms with Gasteiger partial charge in [-0.15, -0.1) is 0 Å². The van der Waals surface area contributed by atoms with Crippen molar-refractivity contribution in [2.75, 3.05) is 26.2 Å². The molecule has 0 saturated carbocycles. The van der Waals surface area contributed by atoms with Gasteiger partial charge in [0.1, 0.15) is 18.5 Å². The number of β-amino-alcohol motifs (C(OH)–C–C–N with tert-alkyl or cyclic N) is 1.